The third-order valence-electron chi connectivity index (χ3n) is 5.80. The SMILES string of the molecule is O=C(Cn1cnc2ccccc2c1=O)N1C2CCC1CC(n1nccn1)C2. The van der Waals surface area contributed by atoms with Crippen molar-refractivity contribution in [3.8, 4) is 0 Å². The fourth-order valence-corrected chi connectivity index (χ4v) is 4.60. The first-order valence-corrected chi connectivity index (χ1v) is 9.32. The zero-order valence-corrected chi connectivity index (χ0v) is 14.8. The molecule has 3 aromatic rings. The average molecular weight is 364 g/mol. The van der Waals surface area contributed by atoms with Crippen LogP contribution < -0.4 is 5.56 Å². The van der Waals surface area contributed by atoms with Gasteiger partial charge in [0.25, 0.3) is 5.56 Å². The Hall–Kier alpha value is -3.03. The number of hydrogen-bond donors (Lipinski definition) is 0. The van der Waals surface area contributed by atoms with Crippen LogP contribution in [0.3, 0.4) is 0 Å². The lowest BCUT2D eigenvalue weighted by atomic mass is 9.97. The highest BCUT2D eigenvalue weighted by Gasteiger charge is 2.44. The molecule has 2 fully saturated rings. The van der Waals surface area contributed by atoms with E-state index < -0.39 is 0 Å². The van der Waals surface area contributed by atoms with Gasteiger partial charge in [-0.1, -0.05) is 12.1 Å². The number of rotatable bonds is 3. The Morgan fingerprint density at radius 3 is 2.48 bits per heavy atom. The summed E-state index contributed by atoms with van der Waals surface area (Å²) in [6.07, 6.45) is 8.59. The summed E-state index contributed by atoms with van der Waals surface area (Å²) >= 11 is 0. The van der Waals surface area contributed by atoms with Crippen LogP contribution in [0.15, 0.2) is 47.8 Å². The molecule has 0 N–H and O–H groups in total. The van der Waals surface area contributed by atoms with E-state index in [0.29, 0.717) is 10.9 Å². The van der Waals surface area contributed by atoms with Crippen molar-refractivity contribution >= 4 is 16.8 Å². The number of benzene rings is 1. The number of carbonyl (C=O) groups is 1. The Kier molecular flexibility index (Phi) is 3.77. The molecule has 27 heavy (non-hydrogen) atoms. The van der Waals surface area contributed by atoms with E-state index in [9.17, 15) is 9.59 Å². The highest BCUT2D eigenvalue weighted by Crippen LogP contribution is 2.40. The van der Waals surface area contributed by atoms with Gasteiger partial charge in [-0.05, 0) is 37.8 Å². The van der Waals surface area contributed by atoms with E-state index >= 15 is 0 Å². The predicted molar refractivity (Wildman–Crippen MR) is 98.0 cm³/mol. The van der Waals surface area contributed by atoms with Crippen molar-refractivity contribution < 1.29 is 4.79 Å². The van der Waals surface area contributed by atoms with Crippen molar-refractivity contribution in [1.29, 1.82) is 0 Å². The van der Waals surface area contributed by atoms with Gasteiger partial charge in [0.2, 0.25) is 5.91 Å². The van der Waals surface area contributed by atoms with E-state index in [0.717, 1.165) is 25.7 Å². The molecule has 2 aromatic heterocycles. The lowest BCUT2D eigenvalue weighted by Crippen LogP contribution is -2.49. The van der Waals surface area contributed by atoms with Crippen molar-refractivity contribution in [3.63, 3.8) is 0 Å². The summed E-state index contributed by atoms with van der Waals surface area (Å²) in [6.45, 7) is 0.0361. The predicted octanol–water partition coefficient (Wildman–Crippen LogP) is 1.38. The van der Waals surface area contributed by atoms with Gasteiger partial charge < -0.3 is 4.90 Å². The molecule has 0 aliphatic carbocycles. The molecule has 0 spiro atoms. The molecule has 4 heterocycles. The summed E-state index contributed by atoms with van der Waals surface area (Å²) in [6, 6.07) is 7.83. The molecular formula is C19H20N6O2. The van der Waals surface area contributed by atoms with E-state index in [1.807, 2.05) is 17.0 Å². The molecule has 8 nitrogen and oxygen atoms in total. The molecule has 1 aromatic carbocycles. The molecule has 5 rings (SSSR count). The largest absolute Gasteiger partial charge is 0.335 e. The number of carbonyl (C=O) groups excluding carboxylic acids is 1. The Balaban J connectivity index is 1.37. The molecule has 2 aliphatic rings. The Morgan fingerprint density at radius 2 is 1.74 bits per heavy atom. The van der Waals surface area contributed by atoms with Crippen LogP contribution in [0.4, 0.5) is 0 Å². The first kappa shape index (κ1) is 16.2. The smallest absolute Gasteiger partial charge is 0.261 e. The zero-order chi connectivity index (χ0) is 18.4. The van der Waals surface area contributed by atoms with E-state index in [1.165, 1.54) is 10.9 Å². The van der Waals surface area contributed by atoms with Crippen molar-refractivity contribution in [2.45, 2.75) is 50.4 Å². The maximum absolute atomic E-state index is 13.0. The third-order valence-corrected chi connectivity index (χ3v) is 5.80. The highest BCUT2D eigenvalue weighted by atomic mass is 16.2. The summed E-state index contributed by atoms with van der Waals surface area (Å²) in [5, 5.41) is 9.07. The van der Waals surface area contributed by atoms with Crippen LogP contribution in [0.5, 0.6) is 0 Å². The quantitative estimate of drug-likeness (QED) is 0.701. The second-order valence-corrected chi connectivity index (χ2v) is 7.36. The van der Waals surface area contributed by atoms with Crippen molar-refractivity contribution in [2.75, 3.05) is 0 Å². The van der Waals surface area contributed by atoms with Gasteiger partial charge in [-0.25, -0.2) is 4.98 Å². The topological polar surface area (TPSA) is 85.9 Å². The number of fused-ring (bicyclic) bond motifs is 3. The number of piperidine rings is 1. The van der Waals surface area contributed by atoms with E-state index in [1.54, 1.807) is 29.3 Å². The fourth-order valence-electron chi connectivity index (χ4n) is 4.60. The van der Waals surface area contributed by atoms with Crippen LogP contribution in [-0.2, 0) is 11.3 Å². The average Bonchev–Trinajstić information content (AvgIpc) is 3.31. The Morgan fingerprint density at radius 1 is 1.04 bits per heavy atom. The molecule has 2 bridgehead atoms. The van der Waals surface area contributed by atoms with Crippen LogP contribution in [0.25, 0.3) is 10.9 Å². The lowest BCUT2D eigenvalue weighted by molar-refractivity contribution is -0.137. The fraction of sp³-hybridized carbons (Fsp3) is 0.421. The van der Waals surface area contributed by atoms with Crippen LogP contribution >= 0.6 is 0 Å². The first-order chi connectivity index (χ1) is 13.2. The van der Waals surface area contributed by atoms with Gasteiger partial charge in [0.05, 0.1) is 35.7 Å². The highest BCUT2D eigenvalue weighted by molar-refractivity contribution is 5.79. The van der Waals surface area contributed by atoms with Gasteiger partial charge in [-0.15, -0.1) is 0 Å². The van der Waals surface area contributed by atoms with Gasteiger partial charge in [-0.2, -0.15) is 15.0 Å². The molecule has 0 saturated carbocycles. The summed E-state index contributed by atoms with van der Waals surface area (Å²) in [7, 11) is 0. The molecule has 2 atom stereocenters. The maximum atomic E-state index is 13.0. The number of hydrogen-bond acceptors (Lipinski definition) is 5. The van der Waals surface area contributed by atoms with Crippen LogP contribution in [-0.4, -0.2) is 47.4 Å². The van der Waals surface area contributed by atoms with Crippen molar-refractivity contribution in [2.24, 2.45) is 0 Å². The molecule has 2 unspecified atom stereocenters. The van der Waals surface area contributed by atoms with Crippen LogP contribution in [0, 0.1) is 0 Å². The number of nitrogens with zero attached hydrogens (tertiary/aromatic N) is 6. The van der Waals surface area contributed by atoms with Crippen LogP contribution in [0.2, 0.25) is 0 Å². The number of aromatic nitrogens is 5. The van der Waals surface area contributed by atoms with Gasteiger partial charge in [0.15, 0.2) is 0 Å². The van der Waals surface area contributed by atoms with Gasteiger partial charge in [0, 0.05) is 12.1 Å². The first-order valence-electron chi connectivity index (χ1n) is 9.32. The van der Waals surface area contributed by atoms with Gasteiger partial charge in [-0.3, -0.25) is 14.2 Å². The molecule has 0 radical (unpaired) electrons. The van der Waals surface area contributed by atoms with Crippen molar-refractivity contribution in [1.82, 2.24) is 29.4 Å². The standard InChI is InChI=1S/C19H20N6O2/c26-18(11-23-12-20-17-4-2-1-3-16(17)19(23)27)24-13-5-6-14(24)10-15(9-13)25-21-7-8-22-25/h1-4,7-8,12-15H,5-6,9-11H2. The minimum Gasteiger partial charge on any atom is -0.335 e. The lowest BCUT2D eigenvalue weighted by Gasteiger charge is -2.38. The van der Waals surface area contributed by atoms with Gasteiger partial charge in [0.1, 0.15) is 6.54 Å². The van der Waals surface area contributed by atoms with E-state index in [4.69, 9.17) is 0 Å². The Bertz CT molecular complexity index is 1030. The molecule has 8 heteroatoms. The normalized spacial score (nSPS) is 24.4. The van der Waals surface area contributed by atoms with Crippen molar-refractivity contribution in [3.05, 3.63) is 53.3 Å². The number of para-hydroxylation sites is 1. The number of amides is 1. The Labute approximate surface area is 155 Å². The molecular weight excluding hydrogens is 344 g/mol. The second-order valence-electron chi connectivity index (χ2n) is 7.36. The van der Waals surface area contributed by atoms with Crippen LogP contribution in [0.1, 0.15) is 31.7 Å². The minimum atomic E-state index is -0.170. The third kappa shape index (κ3) is 2.72. The summed E-state index contributed by atoms with van der Waals surface area (Å²) in [5.74, 6) is -0.00597. The maximum Gasteiger partial charge on any atom is 0.261 e. The molecule has 2 aliphatic heterocycles. The molecule has 1 amide bonds. The minimum absolute atomic E-state index is 0.00597. The van der Waals surface area contributed by atoms with E-state index in [2.05, 4.69) is 15.2 Å². The van der Waals surface area contributed by atoms with E-state index in [-0.39, 0.29) is 36.1 Å². The van der Waals surface area contributed by atoms with Gasteiger partial charge >= 0.3 is 0 Å². The molecule has 138 valence electrons. The monoisotopic (exact) mass is 364 g/mol. The summed E-state index contributed by atoms with van der Waals surface area (Å²) in [5.41, 5.74) is 0.482. The molecule has 2 saturated heterocycles. The summed E-state index contributed by atoms with van der Waals surface area (Å²) in [4.78, 5) is 33.7. The zero-order valence-electron chi connectivity index (χ0n) is 14.8. The second kappa shape index (κ2) is 6.29. The summed E-state index contributed by atoms with van der Waals surface area (Å²) < 4.78 is 1.42.